The lowest BCUT2D eigenvalue weighted by Gasteiger charge is -2.37. The summed E-state index contributed by atoms with van der Waals surface area (Å²) in [6, 6.07) is 8.83. The van der Waals surface area contributed by atoms with Crippen molar-refractivity contribution in [3.05, 3.63) is 71.8 Å². The minimum Gasteiger partial charge on any atom is -0.347 e. The zero-order valence-electron chi connectivity index (χ0n) is 22.6. The average Bonchev–Trinajstić information content (AvgIpc) is 3.60. The van der Waals surface area contributed by atoms with Crippen molar-refractivity contribution in [2.24, 2.45) is 5.92 Å². The summed E-state index contributed by atoms with van der Waals surface area (Å²) in [4.78, 5) is 32.6. The summed E-state index contributed by atoms with van der Waals surface area (Å²) in [5, 5.41) is 3.63. The van der Waals surface area contributed by atoms with E-state index in [1.165, 1.54) is 76.4 Å². The maximum atomic E-state index is 13.3. The monoisotopic (exact) mass is 517 g/mol. The fraction of sp³-hybridized carbons (Fsp3) is 0.567. The van der Waals surface area contributed by atoms with Crippen molar-refractivity contribution in [2.45, 2.75) is 83.5 Å². The van der Waals surface area contributed by atoms with E-state index in [4.69, 9.17) is 0 Å². The Morgan fingerprint density at radius 1 is 0.895 bits per heavy atom. The maximum absolute atomic E-state index is 13.3. The summed E-state index contributed by atoms with van der Waals surface area (Å²) in [5.41, 5.74) is 1.88. The SMILES string of the molecule is O=C(c1ccc(CNCCC2CCN(C3CCCCCC3)CC2)cc1)N(Cc1ncc[nH]1)Cc1ncc[nH]1. The van der Waals surface area contributed by atoms with Gasteiger partial charge in [0, 0.05) is 42.9 Å². The Labute approximate surface area is 226 Å². The molecule has 0 spiro atoms. The molecule has 0 bridgehead atoms. The van der Waals surface area contributed by atoms with Crippen LogP contribution in [-0.4, -0.2) is 61.3 Å². The lowest BCUT2D eigenvalue weighted by atomic mass is 9.91. The van der Waals surface area contributed by atoms with Crippen molar-refractivity contribution in [2.75, 3.05) is 19.6 Å². The van der Waals surface area contributed by atoms with Gasteiger partial charge in [-0.1, -0.05) is 37.8 Å². The second-order valence-corrected chi connectivity index (χ2v) is 11.0. The van der Waals surface area contributed by atoms with Crippen LogP contribution in [0, 0.1) is 5.92 Å². The van der Waals surface area contributed by atoms with Crippen LogP contribution in [0.1, 0.15) is 85.4 Å². The van der Waals surface area contributed by atoms with Crippen LogP contribution in [0.15, 0.2) is 49.1 Å². The Kier molecular flexibility index (Phi) is 9.61. The topological polar surface area (TPSA) is 92.9 Å². The molecule has 1 aliphatic carbocycles. The van der Waals surface area contributed by atoms with E-state index in [-0.39, 0.29) is 5.91 Å². The second kappa shape index (κ2) is 13.7. The van der Waals surface area contributed by atoms with Gasteiger partial charge in [-0.3, -0.25) is 4.79 Å². The summed E-state index contributed by atoms with van der Waals surface area (Å²) in [6.45, 7) is 5.26. The Morgan fingerprint density at radius 3 is 2.11 bits per heavy atom. The molecule has 2 fully saturated rings. The Hall–Kier alpha value is -2.97. The summed E-state index contributed by atoms with van der Waals surface area (Å²) < 4.78 is 0. The van der Waals surface area contributed by atoms with Gasteiger partial charge < -0.3 is 25.1 Å². The van der Waals surface area contributed by atoms with Crippen LogP contribution in [0.5, 0.6) is 0 Å². The van der Waals surface area contributed by atoms with Crippen molar-refractivity contribution in [1.29, 1.82) is 0 Å². The van der Waals surface area contributed by atoms with Crippen molar-refractivity contribution < 1.29 is 4.79 Å². The lowest BCUT2D eigenvalue weighted by Crippen LogP contribution is -2.41. The van der Waals surface area contributed by atoms with Crippen LogP contribution in [0.2, 0.25) is 0 Å². The predicted octanol–water partition coefficient (Wildman–Crippen LogP) is 4.89. The van der Waals surface area contributed by atoms with E-state index < -0.39 is 0 Å². The number of rotatable bonds is 11. The molecule has 8 heteroatoms. The Balaban J connectivity index is 1.05. The first-order chi connectivity index (χ1) is 18.7. The molecule has 3 heterocycles. The lowest BCUT2D eigenvalue weighted by molar-refractivity contribution is 0.0721. The molecule has 2 aliphatic rings. The van der Waals surface area contributed by atoms with Crippen LogP contribution in [0.4, 0.5) is 0 Å². The van der Waals surface area contributed by atoms with E-state index in [2.05, 4.69) is 42.3 Å². The van der Waals surface area contributed by atoms with Gasteiger partial charge in [0.05, 0.1) is 13.1 Å². The quantitative estimate of drug-likeness (QED) is 0.249. The number of aromatic nitrogens is 4. The largest absolute Gasteiger partial charge is 0.347 e. The van der Waals surface area contributed by atoms with Crippen LogP contribution < -0.4 is 5.32 Å². The molecule has 1 saturated heterocycles. The molecule has 5 rings (SSSR count). The average molecular weight is 518 g/mol. The van der Waals surface area contributed by atoms with E-state index in [0.29, 0.717) is 18.7 Å². The summed E-state index contributed by atoms with van der Waals surface area (Å²) in [5.74, 6) is 2.31. The first-order valence-corrected chi connectivity index (χ1v) is 14.5. The highest BCUT2D eigenvalue weighted by Gasteiger charge is 2.25. The van der Waals surface area contributed by atoms with Gasteiger partial charge in [-0.2, -0.15) is 0 Å². The minimum atomic E-state index is -0.0347. The van der Waals surface area contributed by atoms with Gasteiger partial charge in [-0.25, -0.2) is 9.97 Å². The highest BCUT2D eigenvalue weighted by atomic mass is 16.2. The second-order valence-electron chi connectivity index (χ2n) is 11.0. The smallest absolute Gasteiger partial charge is 0.254 e. The predicted molar refractivity (Wildman–Crippen MR) is 149 cm³/mol. The van der Waals surface area contributed by atoms with Gasteiger partial charge in [-0.05, 0) is 75.4 Å². The normalized spacial score (nSPS) is 17.9. The van der Waals surface area contributed by atoms with E-state index in [0.717, 1.165) is 36.7 Å². The molecule has 0 radical (unpaired) electrons. The molecule has 38 heavy (non-hydrogen) atoms. The number of carbonyl (C=O) groups is 1. The molecule has 3 aromatic rings. The Morgan fingerprint density at radius 2 is 1.53 bits per heavy atom. The number of carbonyl (C=O) groups excluding carboxylic acids is 1. The summed E-state index contributed by atoms with van der Waals surface area (Å²) >= 11 is 0. The van der Waals surface area contributed by atoms with Gasteiger partial charge in [0.25, 0.3) is 5.91 Å². The molecule has 1 aliphatic heterocycles. The number of benzene rings is 1. The van der Waals surface area contributed by atoms with Gasteiger partial charge in [0.2, 0.25) is 0 Å². The molecule has 3 N–H and O–H groups in total. The third-order valence-electron chi connectivity index (χ3n) is 8.33. The molecular formula is C30H43N7O. The van der Waals surface area contributed by atoms with Crippen molar-refractivity contribution >= 4 is 5.91 Å². The molecule has 8 nitrogen and oxygen atoms in total. The number of likely N-dealkylation sites (tertiary alicyclic amines) is 1. The van der Waals surface area contributed by atoms with Gasteiger partial charge >= 0.3 is 0 Å². The number of amides is 1. The van der Waals surface area contributed by atoms with Crippen molar-refractivity contribution in [3.8, 4) is 0 Å². The van der Waals surface area contributed by atoms with E-state index in [1.54, 1.807) is 29.7 Å². The number of aromatic amines is 2. The third-order valence-corrected chi connectivity index (χ3v) is 8.33. The van der Waals surface area contributed by atoms with Crippen LogP contribution in [0.25, 0.3) is 0 Å². The molecule has 0 unspecified atom stereocenters. The van der Waals surface area contributed by atoms with Crippen LogP contribution >= 0.6 is 0 Å². The fourth-order valence-electron chi connectivity index (χ4n) is 6.05. The summed E-state index contributed by atoms with van der Waals surface area (Å²) in [7, 11) is 0. The van der Waals surface area contributed by atoms with Crippen molar-refractivity contribution in [1.82, 2.24) is 35.1 Å². The summed E-state index contributed by atoms with van der Waals surface area (Å²) in [6.07, 6.45) is 19.5. The van der Waals surface area contributed by atoms with E-state index in [9.17, 15) is 4.79 Å². The molecule has 204 valence electrons. The van der Waals surface area contributed by atoms with Crippen molar-refractivity contribution in [3.63, 3.8) is 0 Å². The van der Waals surface area contributed by atoms with Gasteiger partial charge in [-0.15, -0.1) is 0 Å². The number of nitrogens with zero attached hydrogens (tertiary/aromatic N) is 4. The molecule has 1 aromatic carbocycles. The van der Waals surface area contributed by atoms with E-state index >= 15 is 0 Å². The molecule has 2 aromatic heterocycles. The number of piperidine rings is 1. The number of nitrogens with one attached hydrogen (secondary N) is 3. The first-order valence-electron chi connectivity index (χ1n) is 14.5. The highest BCUT2D eigenvalue weighted by Crippen LogP contribution is 2.27. The molecule has 1 saturated carbocycles. The fourth-order valence-corrected chi connectivity index (χ4v) is 6.05. The number of hydrogen-bond acceptors (Lipinski definition) is 5. The molecular weight excluding hydrogens is 474 g/mol. The van der Waals surface area contributed by atoms with Gasteiger partial charge in [0.15, 0.2) is 0 Å². The van der Waals surface area contributed by atoms with Crippen LogP contribution in [0.3, 0.4) is 0 Å². The zero-order chi connectivity index (χ0) is 26.0. The number of hydrogen-bond donors (Lipinski definition) is 3. The third kappa shape index (κ3) is 7.54. The van der Waals surface area contributed by atoms with Gasteiger partial charge in [0.1, 0.15) is 11.6 Å². The van der Waals surface area contributed by atoms with Crippen LogP contribution in [-0.2, 0) is 19.6 Å². The highest BCUT2D eigenvalue weighted by molar-refractivity contribution is 5.94. The number of imidazole rings is 2. The van der Waals surface area contributed by atoms with E-state index in [1.807, 2.05) is 12.1 Å². The molecule has 0 atom stereocenters. The zero-order valence-corrected chi connectivity index (χ0v) is 22.6. The number of H-pyrrole nitrogens is 2. The maximum Gasteiger partial charge on any atom is 0.254 e. The minimum absolute atomic E-state index is 0.0347. The molecule has 1 amide bonds. The first kappa shape index (κ1) is 26.6. The standard InChI is InChI=1S/C30H43N7O/c38-30(37(22-28-32-15-16-33-28)23-29-34-17-18-35-29)26-9-7-25(8-10-26)21-31-14-11-24-12-19-36(20-13-24)27-5-3-1-2-4-6-27/h7-10,15-18,24,27,31H,1-6,11-14,19-23H2,(H,32,33)(H,34,35). The Bertz CT molecular complexity index is 1030.